The van der Waals surface area contributed by atoms with Gasteiger partial charge in [-0.25, -0.2) is 0 Å². The minimum atomic E-state index is -0.796. The number of fused-ring (bicyclic) bond motifs is 3. The Balaban J connectivity index is 1.74. The number of hydrogen-bond acceptors (Lipinski definition) is 3. The van der Waals surface area contributed by atoms with Gasteiger partial charge in [0.1, 0.15) is 6.10 Å². The molecule has 118 valence electrons. The van der Waals surface area contributed by atoms with Crippen molar-refractivity contribution in [1.82, 2.24) is 0 Å². The Morgan fingerprint density at radius 2 is 1.62 bits per heavy atom. The van der Waals surface area contributed by atoms with E-state index in [2.05, 4.69) is 18.2 Å². The third-order valence-electron chi connectivity index (χ3n) is 4.60. The quantitative estimate of drug-likeness (QED) is 0.454. The summed E-state index contributed by atoms with van der Waals surface area (Å²) in [6.07, 6.45) is 0.00111. The molecule has 4 nitrogen and oxygen atoms in total. The fraction of sp³-hybridized carbons (Fsp3) is 0.100. The van der Waals surface area contributed by atoms with Gasteiger partial charge in [0.25, 0.3) is 5.69 Å². The molecule has 1 aliphatic rings. The lowest BCUT2D eigenvalue weighted by atomic mass is 9.93. The van der Waals surface area contributed by atoms with Crippen LogP contribution in [-0.4, -0.2) is 10.0 Å². The van der Waals surface area contributed by atoms with Crippen molar-refractivity contribution in [2.75, 3.05) is 0 Å². The Labute approximate surface area is 139 Å². The Morgan fingerprint density at radius 1 is 0.917 bits per heavy atom. The van der Waals surface area contributed by atoms with Gasteiger partial charge in [0.2, 0.25) is 0 Å². The highest BCUT2D eigenvalue weighted by atomic mass is 16.6. The molecule has 1 aliphatic carbocycles. The molecule has 4 heteroatoms. The van der Waals surface area contributed by atoms with Gasteiger partial charge in [-0.05, 0) is 51.9 Å². The highest BCUT2D eigenvalue weighted by molar-refractivity contribution is 5.78. The van der Waals surface area contributed by atoms with E-state index in [4.69, 9.17) is 0 Å². The lowest BCUT2D eigenvalue weighted by molar-refractivity contribution is -0.384. The van der Waals surface area contributed by atoms with E-state index in [0.29, 0.717) is 5.56 Å². The van der Waals surface area contributed by atoms with E-state index in [1.165, 1.54) is 23.3 Å². The fourth-order valence-corrected chi connectivity index (χ4v) is 3.40. The smallest absolute Gasteiger partial charge is 0.269 e. The standard InChI is InChI=1S/C20H15NO3/c22-20(13-8-10-15(11-9-13)21(23)24)18-7-3-6-17-16-5-2-1-4-14(16)12-19(17)18/h1-11,20,22H,12H2. The van der Waals surface area contributed by atoms with Crippen molar-refractivity contribution in [2.45, 2.75) is 12.5 Å². The van der Waals surface area contributed by atoms with Crippen LogP contribution in [0.2, 0.25) is 0 Å². The summed E-state index contributed by atoms with van der Waals surface area (Å²) in [4.78, 5) is 10.3. The van der Waals surface area contributed by atoms with Gasteiger partial charge in [-0.3, -0.25) is 10.1 Å². The van der Waals surface area contributed by atoms with Gasteiger partial charge in [-0.1, -0.05) is 42.5 Å². The van der Waals surface area contributed by atoms with Crippen LogP contribution in [0.3, 0.4) is 0 Å². The second-order valence-corrected chi connectivity index (χ2v) is 5.96. The lowest BCUT2D eigenvalue weighted by Crippen LogP contribution is -2.03. The molecule has 0 heterocycles. The largest absolute Gasteiger partial charge is 0.384 e. The lowest BCUT2D eigenvalue weighted by Gasteiger charge is -2.15. The summed E-state index contributed by atoms with van der Waals surface area (Å²) < 4.78 is 0. The van der Waals surface area contributed by atoms with Crippen molar-refractivity contribution < 1.29 is 10.0 Å². The van der Waals surface area contributed by atoms with E-state index in [0.717, 1.165) is 23.1 Å². The van der Waals surface area contributed by atoms with Crippen molar-refractivity contribution in [3.8, 4) is 11.1 Å². The first-order valence-corrected chi connectivity index (χ1v) is 7.77. The number of hydrogen-bond donors (Lipinski definition) is 1. The van der Waals surface area contributed by atoms with Gasteiger partial charge >= 0.3 is 0 Å². The summed E-state index contributed by atoms with van der Waals surface area (Å²) in [6.45, 7) is 0. The van der Waals surface area contributed by atoms with Crippen LogP contribution in [0.4, 0.5) is 5.69 Å². The second kappa shape index (κ2) is 5.58. The van der Waals surface area contributed by atoms with Crippen molar-refractivity contribution >= 4 is 5.69 Å². The molecule has 0 fully saturated rings. The molecule has 1 atom stereocenters. The minimum absolute atomic E-state index is 0.0247. The molecule has 1 N–H and O–H groups in total. The summed E-state index contributed by atoms with van der Waals surface area (Å²) in [7, 11) is 0. The van der Waals surface area contributed by atoms with Crippen LogP contribution in [0.1, 0.15) is 28.4 Å². The number of nitro benzene ring substituents is 1. The number of rotatable bonds is 3. The number of nitro groups is 1. The monoisotopic (exact) mass is 317 g/mol. The third-order valence-corrected chi connectivity index (χ3v) is 4.60. The number of nitrogens with zero attached hydrogens (tertiary/aromatic N) is 1. The molecule has 3 aromatic rings. The van der Waals surface area contributed by atoms with E-state index in [-0.39, 0.29) is 5.69 Å². The summed E-state index contributed by atoms with van der Waals surface area (Å²) in [5.74, 6) is 0. The van der Waals surface area contributed by atoms with Gasteiger partial charge < -0.3 is 5.11 Å². The molecular formula is C20H15NO3. The van der Waals surface area contributed by atoms with Crippen molar-refractivity contribution in [3.05, 3.63) is 99.1 Å². The molecular weight excluding hydrogens is 302 g/mol. The molecule has 0 amide bonds. The Hall–Kier alpha value is -2.98. The van der Waals surface area contributed by atoms with E-state index in [1.54, 1.807) is 12.1 Å². The van der Waals surface area contributed by atoms with E-state index in [9.17, 15) is 15.2 Å². The van der Waals surface area contributed by atoms with E-state index in [1.807, 2.05) is 24.3 Å². The summed E-state index contributed by atoms with van der Waals surface area (Å²) >= 11 is 0. The average molecular weight is 317 g/mol. The maximum Gasteiger partial charge on any atom is 0.269 e. The minimum Gasteiger partial charge on any atom is -0.384 e. The summed E-state index contributed by atoms with van der Waals surface area (Å²) in [6, 6.07) is 20.3. The first-order chi connectivity index (χ1) is 11.6. The zero-order valence-electron chi connectivity index (χ0n) is 12.8. The number of aliphatic hydroxyl groups excluding tert-OH is 1. The van der Waals surface area contributed by atoms with Gasteiger partial charge in [0.15, 0.2) is 0 Å². The predicted molar refractivity (Wildman–Crippen MR) is 91.8 cm³/mol. The van der Waals surface area contributed by atoms with Crippen LogP contribution < -0.4 is 0 Å². The van der Waals surface area contributed by atoms with E-state index < -0.39 is 11.0 Å². The summed E-state index contributed by atoms with van der Waals surface area (Å²) in [5.41, 5.74) is 6.30. The Bertz CT molecular complexity index is 932. The zero-order chi connectivity index (χ0) is 16.7. The molecule has 4 rings (SSSR count). The maximum absolute atomic E-state index is 10.8. The molecule has 0 aromatic heterocycles. The predicted octanol–water partition coefficient (Wildman–Crippen LogP) is 4.25. The van der Waals surface area contributed by atoms with Crippen LogP contribution in [0.15, 0.2) is 66.7 Å². The first-order valence-electron chi connectivity index (χ1n) is 7.77. The first kappa shape index (κ1) is 14.6. The molecule has 0 bridgehead atoms. The molecule has 3 aromatic carbocycles. The molecule has 0 radical (unpaired) electrons. The molecule has 0 spiro atoms. The van der Waals surface area contributed by atoms with Gasteiger partial charge in [-0.15, -0.1) is 0 Å². The van der Waals surface area contributed by atoms with Crippen LogP contribution in [0.5, 0.6) is 0 Å². The second-order valence-electron chi connectivity index (χ2n) is 5.96. The SMILES string of the molecule is O=[N+]([O-])c1ccc(C(O)c2cccc3c2Cc2ccccc2-3)cc1. The Kier molecular flexibility index (Phi) is 3.40. The number of aliphatic hydroxyl groups is 1. The number of non-ortho nitro benzene ring substituents is 1. The van der Waals surface area contributed by atoms with Crippen molar-refractivity contribution in [1.29, 1.82) is 0 Å². The van der Waals surface area contributed by atoms with Crippen molar-refractivity contribution in [2.24, 2.45) is 0 Å². The van der Waals surface area contributed by atoms with Crippen molar-refractivity contribution in [3.63, 3.8) is 0 Å². The fourth-order valence-electron chi connectivity index (χ4n) is 3.40. The van der Waals surface area contributed by atoms with Crippen LogP contribution >= 0.6 is 0 Å². The van der Waals surface area contributed by atoms with Crippen LogP contribution in [0.25, 0.3) is 11.1 Å². The molecule has 0 saturated heterocycles. The molecule has 0 aliphatic heterocycles. The highest BCUT2D eigenvalue weighted by Gasteiger charge is 2.24. The van der Waals surface area contributed by atoms with Gasteiger partial charge in [-0.2, -0.15) is 0 Å². The van der Waals surface area contributed by atoms with Crippen LogP contribution in [0, 0.1) is 10.1 Å². The summed E-state index contributed by atoms with van der Waals surface area (Å²) in [5, 5.41) is 21.6. The molecule has 1 unspecified atom stereocenters. The molecule has 0 saturated carbocycles. The zero-order valence-corrected chi connectivity index (χ0v) is 12.8. The van der Waals surface area contributed by atoms with Crippen LogP contribution in [-0.2, 0) is 6.42 Å². The Morgan fingerprint density at radius 3 is 2.38 bits per heavy atom. The van der Waals surface area contributed by atoms with E-state index >= 15 is 0 Å². The highest BCUT2D eigenvalue weighted by Crippen LogP contribution is 2.40. The average Bonchev–Trinajstić information content (AvgIpc) is 3.00. The normalized spacial score (nSPS) is 13.2. The third kappa shape index (κ3) is 2.28. The van der Waals surface area contributed by atoms with Gasteiger partial charge in [0, 0.05) is 12.1 Å². The number of benzene rings is 3. The topological polar surface area (TPSA) is 63.4 Å². The molecule has 24 heavy (non-hydrogen) atoms. The van der Waals surface area contributed by atoms with Gasteiger partial charge in [0.05, 0.1) is 4.92 Å². The maximum atomic E-state index is 10.8.